The fraction of sp³-hybridized carbons (Fsp3) is 0.364. The molecular weight excluding hydrogens is 237 g/mol. The summed E-state index contributed by atoms with van der Waals surface area (Å²) in [5.74, 6) is -1.61. The Morgan fingerprint density at radius 2 is 1.88 bits per heavy atom. The molecule has 2 rings (SSSR count). The van der Waals surface area contributed by atoms with Crippen LogP contribution in [0.5, 0.6) is 5.75 Å². The van der Waals surface area contributed by atoms with E-state index in [4.69, 9.17) is 5.11 Å². The molecule has 1 saturated carbocycles. The van der Waals surface area contributed by atoms with E-state index in [1.165, 1.54) is 0 Å². The van der Waals surface area contributed by atoms with E-state index in [0.29, 0.717) is 0 Å². The molecular formula is C11H9F3O3. The Bertz CT molecular complexity index is 475. The number of carboxylic acid groups (broad SMARTS) is 1. The van der Waals surface area contributed by atoms with E-state index in [1.807, 2.05) is 0 Å². The number of rotatable bonds is 2. The largest absolute Gasteiger partial charge is 0.508 e. The summed E-state index contributed by atoms with van der Waals surface area (Å²) in [6.07, 6.45) is -4.05. The molecule has 0 radical (unpaired) electrons. The first-order chi connectivity index (χ1) is 7.77. The van der Waals surface area contributed by atoms with Gasteiger partial charge in [0.25, 0.3) is 0 Å². The molecule has 3 nitrogen and oxygen atoms in total. The van der Waals surface area contributed by atoms with Crippen molar-refractivity contribution in [2.45, 2.75) is 24.4 Å². The van der Waals surface area contributed by atoms with Crippen LogP contribution in [0.4, 0.5) is 13.2 Å². The minimum absolute atomic E-state index is 0.153. The van der Waals surface area contributed by atoms with Crippen LogP contribution in [0.2, 0.25) is 0 Å². The maximum atomic E-state index is 12.5. The van der Waals surface area contributed by atoms with Gasteiger partial charge in [0.05, 0.1) is 11.0 Å². The number of hydrogen-bond acceptors (Lipinski definition) is 2. The second kappa shape index (κ2) is 3.38. The molecule has 2 N–H and O–H groups in total. The lowest BCUT2D eigenvalue weighted by atomic mass is 9.93. The van der Waals surface area contributed by atoms with E-state index in [-0.39, 0.29) is 18.4 Å². The number of alkyl halides is 3. The van der Waals surface area contributed by atoms with Crippen LogP contribution in [0.3, 0.4) is 0 Å². The summed E-state index contributed by atoms with van der Waals surface area (Å²) in [7, 11) is 0. The molecule has 1 fully saturated rings. The SMILES string of the molecule is O=C(O)C1(c2cc(C(F)(F)F)ccc2O)CC1. The van der Waals surface area contributed by atoms with Crippen LogP contribution < -0.4 is 0 Å². The topological polar surface area (TPSA) is 57.5 Å². The molecule has 1 aliphatic carbocycles. The van der Waals surface area contributed by atoms with E-state index in [2.05, 4.69) is 0 Å². The fourth-order valence-corrected chi connectivity index (χ4v) is 1.82. The fourth-order valence-electron chi connectivity index (χ4n) is 1.82. The Balaban J connectivity index is 2.51. The lowest BCUT2D eigenvalue weighted by Gasteiger charge is -2.15. The van der Waals surface area contributed by atoms with E-state index < -0.39 is 28.9 Å². The van der Waals surface area contributed by atoms with Gasteiger partial charge in [0, 0.05) is 5.56 Å². The number of halogens is 3. The molecule has 0 aromatic heterocycles. The molecule has 1 aromatic carbocycles. The molecule has 0 aliphatic heterocycles. The summed E-state index contributed by atoms with van der Waals surface area (Å²) >= 11 is 0. The Morgan fingerprint density at radius 1 is 1.29 bits per heavy atom. The lowest BCUT2D eigenvalue weighted by molar-refractivity contribution is -0.141. The summed E-state index contributed by atoms with van der Waals surface area (Å²) in [6.45, 7) is 0. The molecule has 0 heterocycles. The molecule has 0 amide bonds. The van der Waals surface area contributed by atoms with Crippen molar-refractivity contribution >= 4 is 5.97 Å². The summed E-state index contributed by atoms with van der Waals surface area (Å²) in [4.78, 5) is 11.0. The quantitative estimate of drug-likeness (QED) is 0.843. The number of phenolic OH excluding ortho intramolecular Hbond substituents is 1. The number of carboxylic acids is 1. The molecule has 6 heteroatoms. The van der Waals surface area contributed by atoms with Gasteiger partial charge in [-0.15, -0.1) is 0 Å². The summed E-state index contributed by atoms with van der Waals surface area (Å²) < 4.78 is 37.4. The number of hydrogen-bond donors (Lipinski definition) is 2. The highest BCUT2D eigenvalue weighted by molar-refractivity contribution is 5.86. The number of aromatic hydroxyl groups is 1. The minimum atomic E-state index is -4.54. The molecule has 0 saturated heterocycles. The number of benzene rings is 1. The Kier molecular flexibility index (Phi) is 2.34. The van der Waals surface area contributed by atoms with E-state index in [0.717, 1.165) is 18.2 Å². The molecule has 0 spiro atoms. The van der Waals surface area contributed by atoms with Crippen LogP contribution in [0.1, 0.15) is 24.0 Å². The Labute approximate surface area is 94.5 Å². The summed E-state index contributed by atoms with van der Waals surface area (Å²) in [5.41, 5.74) is -2.44. The van der Waals surface area contributed by atoms with Crippen LogP contribution in [0, 0.1) is 0 Å². The van der Waals surface area contributed by atoms with E-state index in [9.17, 15) is 23.1 Å². The first-order valence-electron chi connectivity index (χ1n) is 4.91. The van der Waals surface area contributed by atoms with Crippen molar-refractivity contribution in [3.63, 3.8) is 0 Å². The summed E-state index contributed by atoms with van der Waals surface area (Å²) in [5, 5.41) is 18.5. The third kappa shape index (κ3) is 1.83. The van der Waals surface area contributed by atoms with Crippen molar-refractivity contribution in [1.82, 2.24) is 0 Å². The molecule has 17 heavy (non-hydrogen) atoms. The zero-order valence-corrected chi connectivity index (χ0v) is 8.58. The van der Waals surface area contributed by atoms with Gasteiger partial charge in [-0.1, -0.05) is 0 Å². The standard InChI is InChI=1S/C11H9F3O3/c12-11(13,14)6-1-2-8(15)7(5-6)10(3-4-10)9(16)17/h1-2,5,15H,3-4H2,(H,16,17). The Morgan fingerprint density at radius 3 is 2.29 bits per heavy atom. The second-order valence-electron chi connectivity index (χ2n) is 4.12. The van der Waals surface area contributed by atoms with Crippen LogP contribution >= 0.6 is 0 Å². The van der Waals surface area contributed by atoms with Crippen LogP contribution in [-0.4, -0.2) is 16.2 Å². The predicted molar refractivity (Wildman–Crippen MR) is 51.7 cm³/mol. The predicted octanol–water partition coefficient (Wildman–Crippen LogP) is 2.53. The van der Waals surface area contributed by atoms with Crippen molar-refractivity contribution < 1.29 is 28.2 Å². The van der Waals surface area contributed by atoms with Gasteiger partial charge >= 0.3 is 12.1 Å². The molecule has 0 atom stereocenters. The molecule has 1 aromatic rings. The van der Waals surface area contributed by atoms with E-state index >= 15 is 0 Å². The summed E-state index contributed by atoms with van der Waals surface area (Å²) in [6, 6.07) is 2.34. The van der Waals surface area contributed by atoms with Gasteiger partial charge in [-0.25, -0.2) is 0 Å². The maximum Gasteiger partial charge on any atom is 0.416 e. The first kappa shape index (κ1) is 11.8. The lowest BCUT2D eigenvalue weighted by Crippen LogP contribution is -2.20. The van der Waals surface area contributed by atoms with Gasteiger partial charge in [0.1, 0.15) is 5.75 Å². The van der Waals surface area contributed by atoms with Crippen molar-refractivity contribution in [2.75, 3.05) is 0 Å². The van der Waals surface area contributed by atoms with Crippen molar-refractivity contribution in [3.05, 3.63) is 29.3 Å². The number of carbonyl (C=O) groups is 1. The van der Waals surface area contributed by atoms with Gasteiger partial charge in [-0.3, -0.25) is 4.79 Å². The third-order valence-corrected chi connectivity index (χ3v) is 3.00. The van der Waals surface area contributed by atoms with Crippen molar-refractivity contribution in [2.24, 2.45) is 0 Å². The van der Waals surface area contributed by atoms with Gasteiger partial charge in [-0.2, -0.15) is 13.2 Å². The zero-order valence-electron chi connectivity index (χ0n) is 8.58. The van der Waals surface area contributed by atoms with E-state index in [1.54, 1.807) is 0 Å². The average Bonchev–Trinajstić information content (AvgIpc) is 2.97. The molecule has 1 aliphatic rings. The van der Waals surface area contributed by atoms with Crippen LogP contribution in [-0.2, 0) is 16.4 Å². The van der Waals surface area contributed by atoms with Gasteiger partial charge in [0.2, 0.25) is 0 Å². The van der Waals surface area contributed by atoms with Crippen LogP contribution in [0.15, 0.2) is 18.2 Å². The van der Waals surface area contributed by atoms with Crippen molar-refractivity contribution in [1.29, 1.82) is 0 Å². The highest BCUT2D eigenvalue weighted by Gasteiger charge is 2.53. The second-order valence-corrected chi connectivity index (χ2v) is 4.12. The number of phenols is 1. The monoisotopic (exact) mass is 246 g/mol. The Hall–Kier alpha value is -1.72. The smallest absolute Gasteiger partial charge is 0.416 e. The molecule has 0 bridgehead atoms. The molecule has 92 valence electrons. The first-order valence-corrected chi connectivity index (χ1v) is 4.91. The van der Waals surface area contributed by atoms with Crippen LogP contribution in [0.25, 0.3) is 0 Å². The molecule has 0 unspecified atom stereocenters. The van der Waals surface area contributed by atoms with Gasteiger partial charge in [0.15, 0.2) is 0 Å². The number of aliphatic carboxylic acids is 1. The maximum absolute atomic E-state index is 12.5. The normalized spacial score (nSPS) is 17.8. The zero-order chi connectivity index (χ0) is 12.8. The minimum Gasteiger partial charge on any atom is -0.508 e. The highest BCUT2D eigenvalue weighted by Crippen LogP contribution is 2.52. The third-order valence-electron chi connectivity index (χ3n) is 3.00. The van der Waals surface area contributed by atoms with Crippen molar-refractivity contribution in [3.8, 4) is 5.75 Å². The average molecular weight is 246 g/mol. The van der Waals surface area contributed by atoms with Gasteiger partial charge < -0.3 is 10.2 Å². The highest BCUT2D eigenvalue weighted by atomic mass is 19.4. The van der Waals surface area contributed by atoms with Gasteiger partial charge in [-0.05, 0) is 31.0 Å².